The van der Waals surface area contributed by atoms with Crippen molar-refractivity contribution in [2.24, 2.45) is 0 Å². The van der Waals surface area contributed by atoms with Crippen LogP contribution in [-0.2, 0) is 4.79 Å². The second kappa shape index (κ2) is 6.45. The largest absolute Gasteiger partial charge is 0.300 e. The number of carbonyl (C=O) groups excluding carboxylic acids is 2. The van der Waals surface area contributed by atoms with E-state index in [-0.39, 0.29) is 29.1 Å². The monoisotopic (exact) mass is 367 g/mol. The van der Waals surface area contributed by atoms with Gasteiger partial charge in [0.15, 0.2) is 15.9 Å². The number of hydrogen-bond acceptors (Lipinski definition) is 4. The van der Waals surface area contributed by atoms with Crippen LogP contribution >= 0.6 is 39.1 Å². The van der Waals surface area contributed by atoms with Crippen molar-refractivity contribution in [3.8, 4) is 0 Å². The SMILES string of the molecule is O=CC(Cl)(Br)CCC(=O)c1cc([N+](=O)[O-])ccc1Cl. The highest BCUT2D eigenvalue weighted by Crippen LogP contribution is 2.29. The van der Waals surface area contributed by atoms with E-state index in [1.54, 1.807) is 0 Å². The molecule has 1 aromatic carbocycles. The zero-order chi connectivity index (χ0) is 14.6. The molecule has 5 nitrogen and oxygen atoms in total. The van der Waals surface area contributed by atoms with E-state index in [0.29, 0.717) is 6.29 Å². The molecule has 0 aliphatic rings. The summed E-state index contributed by atoms with van der Waals surface area (Å²) in [7, 11) is 0. The Morgan fingerprint density at radius 1 is 1.53 bits per heavy atom. The van der Waals surface area contributed by atoms with Crippen LogP contribution in [0.3, 0.4) is 0 Å². The van der Waals surface area contributed by atoms with Crippen molar-refractivity contribution < 1.29 is 14.5 Å². The van der Waals surface area contributed by atoms with Gasteiger partial charge < -0.3 is 4.79 Å². The summed E-state index contributed by atoms with van der Waals surface area (Å²) in [4.78, 5) is 32.5. The van der Waals surface area contributed by atoms with Crippen LogP contribution in [-0.4, -0.2) is 20.8 Å². The Balaban J connectivity index is 2.90. The maximum Gasteiger partial charge on any atom is 0.270 e. The Kier molecular flexibility index (Phi) is 5.46. The molecule has 0 spiro atoms. The van der Waals surface area contributed by atoms with Crippen molar-refractivity contribution in [2.75, 3.05) is 0 Å². The van der Waals surface area contributed by atoms with Crippen LogP contribution in [0.15, 0.2) is 18.2 Å². The molecule has 0 bridgehead atoms. The molecule has 0 saturated heterocycles. The molecule has 0 aliphatic carbocycles. The highest BCUT2D eigenvalue weighted by Gasteiger charge is 2.24. The van der Waals surface area contributed by atoms with Gasteiger partial charge in [-0.05, 0) is 12.5 Å². The molecule has 0 aliphatic heterocycles. The number of aldehydes is 1. The van der Waals surface area contributed by atoms with E-state index in [4.69, 9.17) is 23.2 Å². The fraction of sp³-hybridized carbons (Fsp3) is 0.273. The fourth-order valence-electron chi connectivity index (χ4n) is 1.31. The van der Waals surface area contributed by atoms with Crippen LogP contribution in [0.5, 0.6) is 0 Å². The number of nitrogens with zero attached hydrogens (tertiary/aromatic N) is 1. The van der Waals surface area contributed by atoms with Gasteiger partial charge in [-0.2, -0.15) is 0 Å². The molecule has 1 unspecified atom stereocenters. The number of non-ortho nitro benzene ring substituents is 1. The predicted octanol–water partition coefficient (Wildman–Crippen LogP) is 3.74. The van der Waals surface area contributed by atoms with Gasteiger partial charge in [0, 0.05) is 24.1 Å². The van der Waals surface area contributed by atoms with E-state index < -0.39 is 14.5 Å². The number of hydrogen-bond donors (Lipinski definition) is 0. The number of ketones is 1. The molecule has 1 rings (SSSR count). The number of halogens is 3. The standard InChI is InChI=1S/C11H8BrCl2NO4/c12-11(14,6-16)4-3-10(17)8-5-7(15(18)19)1-2-9(8)13/h1-2,5-6H,3-4H2. The summed E-state index contributed by atoms with van der Waals surface area (Å²) in [6.45, 7) is 0. The van der Waals surface area contributed by atoms with Crippen molar-refractivity contribution in [2.45, 2.75) is 16.6 Å². The third kappa shape index (κ3) is 4.56. The number of Topliss-reactive ketones (excluding diaryl/α,β-unsaturated/α-hetero) is 1. The first kappa shape index (κ1) is 16.1. The minimum Gasteiger partial charge on any atom is -0.300 e. The Morgan fingerprint density at radius 3 is 2.68 bits per heavy atom. The average Bonchev–Trinajstić information content (AvgIpc) is 2.36. The molecule has 1 atom stereocenters. The summed E-state index contributed by atoms with van der Waals surface area (Å²) in [5.74, 6) is -0.417. The van der Waals surface area contributed by atoms with E-state index in [1.807, 2.05) is 0 Å². The summed E-state index contributed by atoms with van der Waals surface area (Å²) in [6, 6.07) is 3.60. The van der Waals surface area contributed by atoms with E-state index in [2.05, 4.69) is 15.9 Å². The van der Waals surface area contributed by atoms with Crippen molar-refractivity contribution in [3.05, 3.63) is 38.9 Å². The van der Waals surface area contributed by atoms with Crippen molar-refractivity contribution in [1.82, 2.24) is 0 Å². The Labute approximate surface area is 127 Å². The second-order valence-corrected chi connectivity index (χ2v) is 6.68. The molecule has 102 valence electrons. The molecule has 0 fully saturated rings. The molecular formula is C11H8BrCl2NO4. The van der Waals surface area contributed by atoms with E-state index in [9.17, 15) is 19.7 Å². The molecule has 0 radical (unpaired) electrons. The van der Waals surface area contributed by atoms with Gasteiger partial charge in [-0.3, -0.25) is 14.9 Å². The van der Waals surface area contributed by atoms with E-state index in [0.717, 1.165) is 6.07 Å². The number of alkyl halides is 2. The van der Waals surface area contributed by atoms with Crippen molar-refractivity contribution in [1.29, 1.82) is 0 Å². The third-order valence-electron chi connectivity index (χ3n) is 2.32. The van der Waals surface area contributed by atoms with Crippen LogP contribution in [0.2, 0.25) is 5.02 Å². The summed E-state index contributed by atoms with van der Waals surface area (Å²) in [5.41, 5.74) is -0.180. The highest BCUT2D eigenvalue weighted by atomic mass is 79.9. The summed E-state index contributed by atoms with van der Waals surface area (Å²) in [6.07, 6.45) is 0.459. The van der Waals surface area contributed by atoms with Crippen LogP contribution < -0.4 is 0 Å². The lowest BCUT2D eigenvalue weighted by Gasteiger charge is -2.11. The Morgan fingerprint density at radius 2 is 2.16 bits per heavy atom. The smallest absolute Gasteiger partial charge is 0.270 e. The van der Waals surface area contributed by atoms with Gasteiger partial charge in [-0.25, -0.2) is 0 Å². The maximum absolute atomic E-state index is 11.9. The molecule has 0 saturated carbocycles. The zero-order valence-corrected chi connectivity index (χ0v) is 12.5. The summed E-state index contributed by atoms with van der Waals surface area (Å²) < 4.78 is -1.31. The molecule has 0 heterocycles. The summed E-state index contributed by atoms with van der Waals surface area (Å²) in [5, 5.41) is 10.7. The van der Waals surface area contributed by atoms with Crippen LogP contribution in [0.25, 0.3) is 0 Å². The van der Waals surface area contributed by atoms with Crippen LogP contribution in [0.4, 0.5) is 5.69 Å². The first-order valence-electron chi connectivity index (χ1n) is 5.08. The number of rotatable bonds is 6. The topological polar surface area (TPSA) is 77.3 Å². The van der Waals surface area contributed by atoms with Gasteiger partial charge in [-0.1, -0.05) is 39.1 Å². The molecule has 0 aromatic heterocycles. The number of carbonyl (C=O) groups is 2. The lowest BCUT2D eigenvalue weighted by molar-refractivity contribution is -0.384. The van der Waals surface area contributed by atoms with Gasteiger partial charge in [0.2, 0.25) is 0 Å². The lowest BCUT2D eigenvalue weighted by Crippen LogP contribution is -2.16. The number of nitro groups is 1. The minimum atomic E-state index is -1.31. The third-order valence-corrected chi connectivity index (χ3v) is 3.51. The average molecular weight is 369 g/mol. The van der Waals surface area contributed by atoms with E-state index in [1.165, 1.54) is 12.1 Å². The Bertz CT molecular complexity index is 533. The number of nitro benzene ring substituents is 1. The van der Waals surface area contributed by atoms with Gasteiger partial charge in [-0.15, -0.1) is 0 Å². The molecule has 0 amide bonds. The van der Waals surface area contributed by atoms with Crippen LogP contribution in [0.1, 0.15) is 23.2 Å². The normalized spacial score (nSPS) is 13.6. The molecule has 0 N–H and O–H groups in total. The second-order valence-electron chi connectivity index (χ2n) is 3.72. The quantitative estimate of drug-likeness (QED) is 0.252. The Hall–Kier alpha value is -0.980. The molecular weight excluding hydrogens is 361 g/mol. The molecule has 8 heteroatoms. The van der Waals surface area contributed by atoms with Gasteiger partial charge >= 0.3 is 0 Å². The molecule has 1 aromatic rings. The summed E-state index contributed by atoms with van der Waals surface area (Å²) >= 11 is 14.5. The maximum atomic E-state index is 11.9. The van der Waals surface area contributed by atoms with Gasteiger partial charge in [0.25, 0.3) is 5.69 Å². The van der Waals surface area contributed by atoms with Crippen molar-refractivity contribution in [3.63, 3.8) is 0 Å². The highest BCUT2D eigenvalue weighted by molar-refractivity contribution is 9.10. The van der Waals surface area contributed by atoms with Crippen LogP contribution in [0, 0.1) is 10.1 Å². The first-order valence-corrected chi connectivity index (χ1v) is 6.63. The number of benzene rings is 1. The van der Waals surface area contributed by atoms with Gasteiger partial charge in [0.1, 0.15) is 0 Å². The van der Waals surface area contributed by atoms with E-state index >= 15 is 0 Å². The predicted molar refractivity (Wildman–Crippen MR) is 75.2 cm³/mol. The van der Waals surface area contributed by atoms with Crippen molar-refractivity contribution >= 4 is 56.9 Å². The molecule has 19 heavy (non-hydrogen) atoms. The van der Waals surface area contributed by atoms with Gasteiger partial charge in [0.05, 0.1) is 9.95 Å². The first-order chi connectivity index (χ1) is 8.76. The minimum absolute atomic E-state index is 0.0433. The zero-order valence-electron chi connectivity index (χ0n) is 9.44. The lowest BCUT2D eigenvalue weighted by atomic mass is 10.0. The fourth-order valence-corrected chi connectivity index (χ4v) is 1.83.